The molecule has 0 nitrogen and oxygen atoms in total. The number of hydrogen-bond donors (Lipinski definition) is 0. The topological polar surface area (TPSA) is 0 Å². The summed E-state index contributed by atoms with van der Waals surface area (Å²) in [6.07, 6.45) is 20.2. The van der Waals surface area contributed by atoms with Crippen LogP contribution in [-0.4, -0.2) is 18.4 Å². The summed E-state index contributed by atoms with van der Waals surface area (Å²) in [6, 6.07) is 0. The van der Waals surface area contributed by atoms with Gasteiger partial charge in [-0.1, -0.05) is 0 Å². The van der Waals surface area contributed by atoms with E-state index in [-0.39, 0.29) is 0 Å². The molecule has 0 radical (unpaired) electrons. The van der Waals surface area contributed by atoms with Gasteiger partial charge in [0.05, 0.1) is 0 Å². The zero-order chi connectivity index (χ0) is 7.33. The van der Waals surface area contributed by atoms with Crippen molar-refractivity contribution in [2.24, 2.45) is 0 Å². The van der Waals surface area contributed by atoms with Crippen LogP contribution in [0, 0.1) is 41.4 Å². The average molecular weight is 219 g/mol. The first-order valence-electron chi connectivity index (χ1n) is 2.15. The van der Waals surface area contributed by atoms with E-state index < -0.39 is 18.4 Å². The van der Waals surface area contributed by atoms with Crippen LogP contribution in [-0.2, 0) is 0 Å². The van der Waals surface area contributed by atoms with Crippen LogP contribution in [0.5, 0.6) is 0 Å². The van der Waals surface area contributed by atoms with Crippen molar-refractivity contribution >= 4 is 18.4 Å². The maximum atomic E-state index is 5.06. The van der Waals surface area contributed by atoms with E-state index in [0.29, 0.717) is 0 Å². The Balaban J connectivity index is 4.84. The second-order valence-electron chi connectivity index (χ2n) is 1.33. The van der Waals surface area contributed by atoms with E-state index in [1.165, 1.54) is 0 Å². The third kappa shape index (κ3) is 1.47. The predicted octanol–water partition coefficient (Wildman–Crippen LogP) is 0.125. The zero-order valence-electron chi connectivity index (χ0n) is 4.81. The molecule has 0 aromatic heterocycles. The van der Waals surface area contributed by atoms with Crippen molar-refractivity contribution in [2.45, 2.75) is 0 Å². The molecule has 0 rings (SSSR count). The molecule has 0 fully saturated rings. The van der Waals surface area contributed by atoms with Crippen molar-refractivity contribution < 1.29 is 0 Å². The number of terminal acetylenes is 4. The van der Waals surface area contributed by atoms with Gasteiger partial charge in [-0.05, 0) is 0 Å². The fraction of sp³-hybridized carbons (Fsp3) is 0. The normalized spacial score (nSPS) is 7.56. The summed E-state index contributed by atoms with van der Waals surface area (Å²) >= 11 is -3.28. The maximum absolute atomic E-state index is 5.06. The van der Waals surface area contributed by atoms with E-state index in [4.69, 9.17) is 25.7 Å². The number of hydrogen-bond acceptors (Lipinski definition) is 0. The van der Waals surface area contributed by atoms with Crippen LogP contribution in [0.1, 0.15) is 0 Å². The molecular weight excluding hydrogens is 215 g/mol. The van der Waals surface area contributed by atoms with Crippen molar-refractivity contribution in [1.29, 1.82) is 0 Å². The third-order valence-electron chi connectivity index (χ3n) is 0.866. The minimum atomic E-state index is -3.28. The molecule has 0 aliphatic carbocycles. The second kappa shape index (κ2) is 3.14. The van der Waals surface area contributed by atoms with Gasteiger partial charge < -0.3 is 0 Å². The summed E-state index contributed by atoms with van der Waals surface area (Å²) in [4.78, 5) is 0. The van der Waals surface area contributed by atoms with Crippen molar-refractivity contribution in [2.75, 3.05) is 0 Å². The van der Waals surface area contributed by atoms with Gasteiger partial charge in [-0.2, -0.15) is 0 Å². The van der Waals surface area contributed by atoms with Crippen LogP contribution in [0.4, 0.5) is 0 Å². The Morgan fingerprint density at radius 2 is 0.889 bits per heavy atom. The summed E-state index contributed by atoms with van der Waals surface area (Å²) in [5, 5.41) is 0. The Hall–Kier alpha value is -0.961. The van der Waals surface area contributed by atoms with E-state index in [1.807, 2.05) is 0 Å². The second-order valence-corrected chi connectivity index (χ2v) is 8.90. The van der Waals surface area contributed by atoms with Crippen LogP contribution < -0.4 is 0 Å². The summed E-state index contributed by atoms with van der Waals surface area (Å²) in [5.41, 5.74) is 0. The fourth-order valence-corrected chi connectivity index (χ4v) is 1.68. The zero-order valence-corrected chi connectivity index (χ0v) is 7.66. The van der Waals surface area contributed by atoms with E-state index in [1.54, 1.807) is 0 Å². The molecule has 9 heavy (non-hydrogen) atoms. The molecule has 0 aromatic rings. The van der Waals surface area contributed by atoms with Crippen LogP contribution in [0.3, 0.4) is 0 Å². The Morgan fingerprint density at radius 3 is 0.889 bits per heavy atom. The van der Waals surface area contributed by atoms with Gasteiger partial charge in [-0.25, -0.2) is 0 Å². The first-order chi connectivity index (χ1) is 4.24. The van der Waals surface area contributed by atoms with Crippen molar-refractivity contribution in [3.05, 3.63) is 0 Å². The molecule has 0 unspecified atom stereocenters. The Labute approximate surface area is 59.9 Å². The van der Waals surface area contributed by atoms with Gasteiger partial charge in [-0.3, -0.25) is 0 Å². The van der Waals surface area contributed by atoms with Crippen LogP contribution in [0.15, 0.2) is 0 Å². The molecule has 40 valence electrons. The van der Waals surface area contributed by atoms with E-state index in [9.17, 15) is 0 Å². The SMILES string of the molecule is C#[C][Sn]([C]#C)([C]#C)[C]#C. The molecule has 0 atom stereocenters. The monoisotopic (exact) mass is 220 g/mol. The van der Waals surface area contributed by atoms with Gasteiger partial charge >= 0.3 is 59.8 Å². The van der Waals surface area contributed by atoms with Gasteiger partial charge in [0.2, 0.25) is 0 Å². The van der Waals surface area contributed by atoms with Gasteiger partial charge in [0.15, 0.2) is 0 Å². The van der Waals surface area contributed by atoms with Crippen LogP contribution >= 0.6 is 0 Å². The van der Waals surface area contributed by atoms with Gasteiger partial charge in [0.25, 0.3) is 0 Å². The molecule has 0 saturated carbocycles. The Kier molecular flexibility index (Phi) is 2.81. The molecule has 0 spiro atoms. The van der Waals surface area contributed by atoms with E-state index >= 15 is 0 Å². The molecule has 0 amide bonds. The summed E-state index contributed by atoms with van der Waals surface area (Å²) < 4.78 is 9.46. The summed E-state index contributed by atoms with van der Waals surface area (Å²) in [6.45, 7) is 0. The first-order valence-corrected chi connectivity index (χ1v) is 7.86. The fourth-order valence-electron chi connectivity index (χ4n) is 0.250. The van der Waals surface area contributed by atoms with Crippen LogP contribution in [0.25, 0.3) is 0 Å². The predicted molar refractivity (Wildman–Crippen MR) is 41.1 cm³/mol. The van der Waals surface area contributed by atoms with Gasteiger partial charge in [-0.15, -0.1) is 0 Å². The molecule has 0 aliphatic heterocycles. The van der Waals surface area contributed by atoms with Crippen LogP contribution in [0.2, 0.25) is 0 Å². The average Bonchev–Trinajstić information content (AvgIpc) is 1.95. The summed E-state index contributed by atoms with van der Waals surface area (Å²) in [7, 11) is 0. The third-order valence-corrected chi connectivity index (χ3v) is 5.81. The van der Waals surface area contributed by atoms with E-state index in [2.05, 4.69) is 15.7 Å². The molecule has 1 heteroatoms. The molecule has 0 aromatic carbocycles. The first kappa shape index (κ1) is 8.04. The van der Waals surface area contributed by atoms with E-state index in [0.717, 1.165) is 0 Å². The molecule has 0 aliphatic rings. The Bertz CT molecular complexity index is 197. The molecule has 0 heterocycles. The summed E-state index contributed by atoms with van der Waals surface area (Å²) in [5.74, 6) is 0. The molecule has 0 saturated heterocycles. The Morgan fingerprint density at radius 1 is 0.667 bits per heavy atom. The standard InChI is InChI=1S/4C2H.Sn/c4*1-2;/h4*1H;. The van der Waals surface area contributed by atoms with Crippen molar-refractivity contribution in [3.63, 3.8) is 0 Å². The molecule has 0 N–H and O–H groups in total. The van der Waals surface area contributed by atoms with Gasteiger partial charge in [0, 0.05) is 0 Å². The van der Waals surface area contributed by atoms with Crippen molar-refractivity contribution in [1.82, 2.24) is 0 Å². The minimum absolute atomic E-state index is 2.37. The quantitative estimate of drug-likeness (QED) is 0.401. The van der Waals surface area contributed by atoms with Crippen molar-refractivity contribution in [3.8, 4) is 41.4 Å². The van der Waals surface area contributed by atoms with Gasteiger partial charge in [0.1, 0.15) is 0 Å². The molecule has 0 bridgehead atoms. The number of rotatable bonds is 0. The molecular formula is C8H4Sn.